The molecule has 3 aromatic rings. The Morgan fingerprint density at radius 3 is 2.24 bits per heavy atom. The summed E-state index contributed by atoms with van der Waals surface area (Å²) < 4.78 is 36.5. The molecule has 3 heterocycles. The first kappa shape index (κ1) is 22.3. The molecule has 0 saturated carbocycles. The zero-order chi connectivity index (χ0) is 23.8. The van der Waals surface area contributed by atoms with Crippen LogP contribution in [-0.2, 0) is 6.42 Å². The van der Waals surface area contributed by atoms with Crippen LogP contribution in [0, 0.1) is 13.8 Å². The first-order valence-electron chi connectivity index (χ1n) is 11.6. The van der Waals surface area contributed by atoms with Crippen LogP contribution in [0.2, 0.25) is 0 Å². The Labute approximate surface area is 202 Å². The quantitative estimate of drug-likeness (QED) is 0.319. The third-order valence-electron chi connectivity index (χ3n) is 7.64. The molecular weight excluding hydrogens is 481 g/mol. The molecule has 0 saturated heterocycles. The van der Waals surface area contributed by atoms with Crippen LogP contribution in [0.1, 0.15) is 62.2 Å². The lowest BCUT2D eigenvalue weighted by Crippen LogP contribution is -2.51. The van der Waals surface area contributed by atoms with Gasteiger partial charge < -0.3 is 17.6 Å². The summed E-state index contributed by atoms with van der Waals surface area (Å²) >= 11 is 3.68. The number of allylic oxidation sites excluding steroid dienone is 2. The second kappa shape index (κ2) is 7.52. The molecule has 0 N–H and O–H groups in total. The molecule has 0 radical (unpaired) electrons. The molecule has 1 aromatic heterocycles. The van der Waals surface area contributed by atoms with E-state index < -0.39 is 6.97 Å². The molecule has 0 amide bonds. The molecule has 0 fully saturated rings. The highest BCUT2D eigenvalue weighted by atomic mass is 79.9. The smallest absolute Gasteiger partial charge is 0.393 e. The van der Waals surface area contributed by atoms with E-state index in [2.05, 4.69) is 34.1 Å². The highest BCUT2D eigenvalue weighted by molar-refractivity contribution is 9.10. The van der Waals surface area contributed by atoms with Gasteiger partial charge in [0.25, 0.3) is 0 Å². The van der Waals surface area contributed by atoms with Crippen molar-refractivity contribution in [1.82, 2.24) is 4.48 Å². The van der Waals surface area contributed by atoms with E-state index in [1.165, 1.54) is 8.96 Å². The first-order valence-corrected chi connectivity index (χ1v) is 12.4. The molecule has 33 heavy (non-hydrogen) atoms. The first-order chi connectivity index (χ1) is 15.7. The minimum atomic E-state index is -4.01. The molecule has 0 spiro atoms. The number of fused-ring (bicyclic) bond motifs is 3. The Hall–Kier alpha value is -2.47. The molecular formula is C27H28BBrF2N2. The van der Waals surface area contributed by atoms with E-state index in [0.717, 1.165) is 61.5 Å². The topological polar surface area (TPSA) is 7.94 Å². The van der Waals surface area contributed by atoms with Crippen LogP contribution >= 0.6 is 15.9 Å². The maximum absolute atomic E-state index is 16.4. The van der Waals surface area contributed by atoms with Crippen molar-refractivity contribution in [3.05, 3.63) is 85.8 Å². The van der Waals surface area contributed by atoms with Gasteiger partial charge in [-0.3, -0.25) is 0 Å². The Kier molecular flexibility index (Phi) is 5.09. The van der Waals surface area contributed by atoms with Gasteiger partial charge in [-0.1, -0.05) is 60.1 Å². The molecule has 0 unspecified atom stereocenters. The number of hydrogen-bond acceptors (Lipinski definition) is 0. The molecule has 0 atom stereocenters. The fourth-order valence-electron chi connectivity index (χ4n) is 6.21. The minimum absolute atomic E-state index is 0.664. The van der Waals surface area contributed by atoms with Gasteiger partial charge in [-0.2, -0.15) is 0 Å². The standard InChI is InChI=1S/C27H28BBrF2N2/c1-7-19-15(3)26-25(23-13-14-24(29)22-12-10-9-11-21(22)23)27-16(4)20(8-2)18(6)33(27)28(30,31)32(26)17(19)5/h9-14H,7-8H2,1-6H3. The van der Waals surface area contributed by atoms with E-state index in [9.17, 15) is 0 Å². The molecule has 5 rings (SSSR count). The highest BCUT2D eigenvalue weighted by Gasteiger charge is 2.56. The molecule has 0 bridgehead atoms. The number of hydrogen-bond donors (Lipinski definition) is 0. The van der Waals surface area contributed by atoms with Gasteiger partial charge >= 0.3 is 6.97 Å². The normalized spacial score (nSPS) is 17.4. The summed E-state index contributed by atoms with van der Waals surface area (Å²) in [6.07, 6.45) is 1.45. The van der Waals surface area contributed by atoms with E-state index in [-0.39, 0.29) is 0 Å². The number of rotatable bonds is 3. The summed E-state index contributed by atoms with van der Waals surface area (Å²) in [6, 6.07) is 12.3. The zero-order valence-electron chi connectivity index (χ0n) is 20.0. The van der Waals surface area contributed by atoms with Gasteiger partial charge in [0.15, 0.2) is 5.70 Å². The van der Waals surface area contributed by atoms with Crippen LogP contribution in [0.5, 0.6) is 0 Å². The molecule has 0 aliphatic carbocycles. The van der Waals surface area contributed by atoms with Crippen LogP contribution in [0.15, 0.2) is 57.7 Å². The van der Waals surface area contributed by atoms with Gasteiger partial charge in [0.1, 0.15) is 5.71 Å². The monoisotopic (exact) mass is 508 g/mol. The third-order valence-corrected chi connectivity index (χ3v) is 8.33. The van der Waals surface area contributed by atoms with Crippen LogP contribution < -0.4 is 0 Å². The summed E-state index contributed by atoms with van der Waals surface area (Å²) in [6.45, 7) is 7.80. The third kappa shape index (κ3) is 2.79. The second-order valence-electron chi connectivity index (χ2n) is 9.13. The highest BCUT2D eigenvalue weighted by Crippen LogP contribution is 2.48. The van der Waals surface area contributed by atoms with Crippen molar-refractivity contribution in [3.8, 4) is 0 Å². The molecule has 170 valence electrons. The summed E-state index contributed by atoms with van der Waals surface area (Å²) in [5.74, 6) is 0. The number of nitrogens with zero attached hydrogens (tertiary/aromatic N) is 2. The minimum Gasteiger partial charge on any atom is -0.393 e. The van der Waals surface area contributed by atoms with Crippen molar-refractivity contribution < 1.29 is 13.1 Å². The molecule has 2 aliphatic rings. The van der Waals surface area contributed by atoms with Gasteiger partial charge in [-0.15, -0.1) is 0 Å². The lowest BCUT2D eigenvalue weighted by atomic mass is 9.82. The summed E-state index contributed by atoms with van der Waals surface area (Å²) in [4.78, 5) is 0. The average Bonchev–Trinajstić information content (AvgIpc) is 3.20. The maximum Gasteiger partial charge on any atom is 0.737 e. The van der Waals surface area contributed by atoms with Gasteiger partial charge in [-0.25, -0.2) is 0 Å². The van der Waals surface area contributed by atoms with Gasteiger partial charge in [0, 0.05) is 28.2 Å². The number of benzene rings is 2. The number of aromatic nitrogens is 1. The summed E-state index contributed by atoms with van der Waals surface area (Å²) in [7, 11) is 0. The largest absolute Gasteiger partial charge is 0.737 e. The second-order valence-corrected chi connectivity index (χ2v) is 9.98. The molecule has 2 aliphatic heterocycles. The molecule has 2 nitrogen and oxygen atoms in total. The van der Waals surface area contributed by atoms with Gasteiger partial charge in [0.05, 0.1) is 5.57 Å². The summed E-state index contributed by atoms with van der Waals surface area (Å²) in [5, 5.41) is 2.14. The Morgan fingerprint density at radius 2 is 1.61 bits per heavy atom. The Bertz CT molecular complexity index is 1460. The Morgan fingerprint density at radius 1 is 0.939 bits per heavy atom. The van der Waals surface area contributed by atoms with E-state index in [1.807, 2.05) is 59.7 Å². The lowest BCUT2D eigenvalue weighted by Gasteiger charge is -2.34. The fraction of sp³-hybridized carbons (Fsp3) is 0.296. The van der Waals surface area contributed by atoms with E-state index in [1.54, 1.807) is 0 Å². The average molecular weight is 509 g/mol. The van der Waals surface area contributed by atoms with Crippen molar-refractivity contribution in [1.29, 1.82) is 0 Å². The van der Waals surface area contributed by atoms with Crippen molar-refractivity contribution in [2.75, 3.05) is 0 Å². The SMILES string of the molecule is CCC1=C(C)C2=C(c3ccc(Br)c4ccccc34)c3c(C)c(CC)c(C)n3[B-](F)(F)[N+]2=C1C. The van der Waals surface area contributed by atoms with Crippen LogP contribution in [0.25, 0.3) is 16.3 Å². The van der Waals surface area contributed by atoms with E-state index in [0.29, 0.717) is 22.8 Å². The summed E-state index contributed by atoms with van der Waals surface area (Å²) in [5.41, 5.74) is 8.52. The zero-order valence-corrected chi connectivity index (χ0v) is 21.6. The van der Waals surface area contributed by atoms with Crippen LogP contribution in [0.3, 0.4) is 0 Å². The van der Waals surface area contributed by atoms with Crippen molar-refractivity contribution in [3.63, 3.8) is 0 Å². The Balaban J connectivity index is 2.04. The van der Waals surface area contributed by atoms with E-state index in [4.69, 9.17) is 0 Å². The molecule has 6 heteroatoms. The molecule has 2 aromatic carbocycles. The van der Waals surface area contributed by atoms with Gasteiger partial charge in [0.2, 0.25) is 0 Å². The fourth-order valence-corrected chi connectivity index (χ4v) is 6.69. The van der Waals surface area contributed by atoms with E-state index >= 15 is 8.63 Å². The van der Waals surface area contributed by atoms with Crippen molar-refractivity contribution in [2.24, 2.45) is 0 Å². The van der Waals surface area contributed by atoms with Crippen LogP contribution in [-0.4, -0.2) is 21.6 Å². The van der Waals surface area contributed by atoms with Crippen molar-refractivity contribution in [2.45, 2.75) is 54.4 Å². The lowest BCUT2D eigenvalue weighted by molar-refractivity contribution is -0.363. The maximum atomic E-state index is 16.4. The van der Waals surface area contributed by atoms with Crippen LogP contribution in [0.4, 0.5) is 8.63 Å². The predicted molar refractivity (Wildman–Crippen MR) is 138 cm³/mol. The van der Waals surface area contributed by atoms with Gasteiger partial charge in [-0.05, 0) is 72.8 Å². The predicted octanol–water partition coefficient (Wildman–Crippen LogP) is 7.79. The number of halogens is 3. The van der Waals surface area contributed by atoms with Crippen molar-refractivity contribution >= 4 is 45.0 Å².